The van der Waals surface area contributed by atoms with Gasteiger partial charge in [-0.25, -0.2) is 0 Å². The van der Waals surface area contributed by atoms with Crippen molar-refractivity contribution in [2.24, 2.45) is 0 Å². The van der Waals surface area contributed by atoms with Gasteiger partial charge < -0.3 is 15.3 Å². The summed E-state index contributed by atoms with van der Waals surface area (Å²) in [6.07, 6.45) is 0.150. The zero-order valence-corrected chi connectivity index (χ0v) is 15.8. The summed E-state index contributed by atoms with van der Waals surface area (Å²) in [5.41, 5.74) is 1.84. The number of amides is 2. The van der Waals surface area contributed by atoms with Gasteiger partial charge in [-0.15, -0.1) is 0 Å². The second kappa shape index (κ2) is 9.15. The zero-order valence-electron chi connectivity index (χ0n) is 15.8. The van der Waals surface area contributed by atoms with Crippen molar-refractivity contribution >= 4 is 22.6 Å². The Balaban J connectivity index is 1.60. The number of hydrogen-bond acceptors (Lipinski definition) is 3. The highest BCUT2D eigenvalue weighted by Crippen LogP contribution is 2.16. The third-order valence-electron chi connectivity index (χ3n) is 4.63. The molecule has 0 fully saturated rings. The van der Waals surface area contributed by atoms with Crippen molar-refractivity contribution < 1.29 is 14.7 Å². The number of carbonyl (C=O) groups is 2. The Morgan fingerprint density at radius 1 is 0.929 bits per heavy atom. The number of likely N-dealkylation sites (N-methyl/N-ethyl adjacent to an activating group) is 1. The van der Waals surface area contributed by atoms with Gasteiger partial charge in [0.05, 0.1) is 13.0 Å². The minimum atomic E-state index is -0.957. The monoisotopic (exact) mass is 376 g/mol. The van der Waals surface area contributed by atoms with Crippen molar-refractivity contribution in [3.63, 3.8) is 0 Å². The lowest BCUT2D eigenvalue weighted by Crippen LogP contribution is -2.49. The fraction of sp³-hybridized carbons (Fsp3) is 0.217. The molecule has 0 bridgehead atoms. The van der Waals surface area contributed by atoms with E-state index in [4.69, 9.17) is 0 Å². The topological polar surface area (TPSA) is 69.6 Å². The molecule has 0 heterocycles. The van der Waals surface area contributed by atoms with E-state index in [0.29, 0.717) is 6.54 Å². The first-order chi connectivity index (χ1) is 13.6. The van der Waals surface area contributed by atoms with Gasteiger partial charge in [-0.2, -0.15) is 0 Å². The number of rotatable bonds is 7. The molecule has 1 atom stereocenters. The lowest BCUT2D eigenvalue weighted by atomic mass is 10.0. The van der Waals surface area contributed by atoms with E-state index >= 15 is 0 Å². The molecule has 5 nitrogen and oxygen atoms in total. The van der Waals surface area contributed by atoms with Crippen LogP contribution in [0.15, 0.2) is 72.8 Å². The molecule has 2 amide bonds. The van der Waals surface area contributed by atoms with Crippen LogP contribution >= 0.6 is 0 Å². The Morgan fingerprint density at radius 2 is 1.61 bits per heavy atom. The number of benzene rings is 3. The molecule has 3 rings (SSSR count). The summed E-state index contributed by atoms with van der Waals surface area (Å²) in [5, 5.41) is 14.4. The summed E-state index contributed by atoms with van der Waals surface area (Å²) in [7, 11) is 1.66. The molecule has 0 aliphatic carbocycles. The van der Waals surface area contributed by atoms with Crippen molar-refractivity contribution in [1.29, 1.82) is 0 Å². The van der Waals surface area contributed by atoms with Gasteiger partial charge in [0, 0.05) is 13.6 Å². The third kappa shape index (κ3) is 4.96. The average molecular weight is 376 g/mol. The quantitative estimate of drug-likeness (QED) is 0.666. The standard InChI is InChI=1S/C23H24N2O3/c1-25(15-17-7-3-2-4-8-17)23(28)21(16-26)24-22(27)14-18-11-12-19-9-5-6-10-20(19)13-18/h2-13,21,26H,14-16H2,1H3,(H,24,27)/t21-/m0/s1. The Labute approximate surface area is 164 Å². The summed E-state index contributed by atoms with van der Waals surface area (Å²) in [6, 6.07) is 22.4. The molecule has 0 unspecified atom stereocenters. The first-order valence-electron chi connectivity index (χ1n) is 9.23. The predicted molar refractivity (Wildman–Crippen MR) is 110 cm³/mol. The van der Waals surface area contributed by atoms with Crippen LogP contribution in [0.3, 0.4) is 0 Å². The molecule has 28 heavy (non-hydrogen) atoms. The van der Waals surface area contributed by atoms with E-state index in [1.165, 1.54) is 4.90 Å². The van der Waals surface area contributed by atoms with Crippen LogP contribution in [-0.2, 0) is 22.6 Å². The molecule has 3 aromatic rings. The van der Waals surface area contributed by atoms with Crippen LogP contribution in [0.4, 0.5) is 0 Å². The fourth-order valence-electron chi connectivity index (χ4n) is 3.17. The highest BCUT2D eigenvalue weighted by Gasteiger charge is 2.23. The van der Waals surface area contributed by atoms with Crippen LogP contribution in [0.5, 0.6) is 0 Å². The minimum Gasteiger partial charge on any atom is -0.394 e. The summed E-state index contributed by atoms with van der Waals surface area (Å²) >= 11 is 0. The van der Waals surface area contributed by atoms with Crippen LogP contribution in [0, 0.1) is 0 Å². The van der Waals surface area contributed by atoms with Gasteiger partial charge in [-0.05, 0) is 21.9 Å². The maximum Gasteiger partial charge on any atom is 0.247 e. The van der Waals surface area contributed by atoms with Crippen molar-refractivity contribution in [3.8, 4) is 0 Å². The number of aliphatic hydroxyl groups excluding tert-OH is 1. The molecule has 3 aromatic carbocycles. The molecular formula is C23H24N2O3. The van der Waals surface area contributed by atoms with Gasteiger partial charge in [-0.3, -0.25) is 9.59 Å². The minimum absolute atomic E-state index is 0.150. The number of aliphatic hydroxyl groups is 1. The second-order valence-electron chi connectivity index (χ2n) is 6.84. The second-order valence-corrected chi connectivity index (χ2v) is 6.84. The van der Waals surface area contributed by atoms with Crippen LogP contribution in [0.25, 0.3) is 10.8 Å². The van der Waals surface area contributed by atoms with Gasteiger partial charge in [-0.1, -0.05) is 72.8 Å². The number of nitrogens with one attached hydrogen (secondary N) is 1. The van der Waals surface area contributed by atoms with Crippen LogP contribution < -0.4 is 5.32 Å². The molecule has 5 heteroatoms. The predicted octanol–water partition coefficient (Wildman–Crippen LogP) is 2.52. The van der Waals surface area contributed by atoms with Crippen molar-refractivity contribution in [2.75, 3.05) is 13.7 Å². The first kappa shape index (κ1) is 19.6. The Hall–Kier alpha value is -3.18. The summed E-state index contributed by atoms with van der Waals surface area (Å²) < 4.78 is 0. The van der Waals surface area contributed by atoms with Crippen molar-refractivity contribution in [3.05, 3.63) is 83.9 Å². The summed E-state index contributed by atoms with van der Waals surface area (Å²) in [5.74, 6) is -0.617. The molecular weight excluding hydrogens is 352 g/mol. The summed E-state index contributed by atoms with van der Waals surface area (Å²) in [6.45, 7) is -0.0296. The maximum absolute atomic E-state index is 12.6. The van der Waals surface area contributed by atoms with E-state index in [2.05, 4.69) is 5.32 Å². The Morgan fingerprint density at radius 3 is 2.32 bits per heavy atom. The molecule has 0 saturated carbocycles. The summed E-state index contributed by atoms with van der Waals surface area (Å²) in [4.78, 5) is 26.5. The van der Waals surface area contributed by atoms with Crippen LogP contribution in [0.2, 0.25) is 0 Å². The average Bonchev–Trinajstić information content (AvgIpc) is 2.72. The number of hydrogen-bond donors (Lipinski definition) is 2. The SMILES string of the molecule is CN(Cc1ccccc1)C(=O)[C@H](CO)NC(=O)Cc1ccc2ccccc2c1. The highest BCUT2D eigenvalue weighted by atomic mass is 16.3. The van der Waals surface area contributed by atoms with Crippen LogP contribution in [0.1, 0.15) is 11.1 Å². The van der Waals surface area contributed by atoms with E-state index in [0.717, 1.165) is 21.9 Å². The molecule has 0 spiro atoms. The van der Waals surface area contributed by atoms with Gasteiger partial charge in [0.1, 0.15) is 6.04 Å². The number of carbonyl (C=O) groups excluding carboxylic acids is 2. The van der Waals surface area contributed by atoms with Crippen molar-refractivity contribution in [1.82, 2.24) is 10.2 Å². The molecule has 0 aliphatic heterocycles. The largest absolute Gasteiger partial charge is 0.394 e. The van der Waals surface area contributed by atoms with E-state index in [9.17, 15) is 14.7 Å². The van der Waals surface area contributed by atoms with E-state index in [1.54, 1.807) is 7.05 Å². The normalized spacial score (nSPS) is 11.8. The van der Waals surface area contributed by atoms with Crippen molar-refractivity contribution in [2.45, 2.75) is 19.0 Å². The van der Waals surface area contributed by atoms with E-state index < -0.39 is 12.6 Å². The van der Waals surface area contributed by atoms with Gasteiger partial charge >= 0.3 is 0 Å². The molecule has 0 aromatic heterocycles. The molecule has 2 N–H and O–H groups in total. The first-order valence-corrected chi connectivity index (χ1v) is 9.23. The molecule has 144 valence electrons. The third-order valence-corrected chi connectivity index (χ3v) is 4.63. The smallest absolute Gasteiger partial charge is 0.247 e. The Kier molecular flexibility index (Phi) is 6.40. The molecule has 0 radical (unpaired) electrons. The zero-order chi connectivity index (χ0) is 19.9. The van der Waals surface area contributed by atoms with E-state index in [1.807, 2.05) is 72.8 Å². The van der Waals surface area contributed by atoms with Gasteiger partial charge in [0.15, 0.2) is 0 Å². The molecule has 0 saturated heterocycles. The lowest BCUT2D eigenvalue weighted by molar-refractivity contribution is -0.136. The number of nitrogens with zero attached hydrogens (tertiary/aromatic N) is 1. The number of fused-ring (bicyclic) bond motifs is 1. The van der Waals surface area contributed by atoms with Gasteiger partial charge in [0.25, 0.3) is 0 Å². The fourth-order valence-corrected chi connectivity index (χ4v) is 3.17. The Bertz CT molecular complexity index is 956. The van der Waals surface area contributed by atoms with E-state index in [-0.39, 0.29) is 18.2 Å². The van der Waals surface area contributed by atoms with Gasteiger partial charge in [0.2, 0.25) is 11.8 Å². The lowest BCUT2D eigenvalue weighted by Gasteiger charge is -2.23. The van der Waals surface area contributed by atoms with Crippen LogP contribution in [-0.4, -0.2) is 41.5 Å². The maximum atomic E-state index is 12.6. The highest BCUT2D eigenvalue weighted by molar-refractivity contribution is 5.89. The molecule has 0 aliphatic rings.